The van der Waals surface area contributed by atoms with E-state index in [0.717, 1.165) is 0 Å². The van der Waals surface area contributed by atoms with Gasteiger partial charge in [-0.2, -0.15) is 0 Å². The first-order valence-corrected chi connectivity index (χ1v) is 6.83. The Bertz CT molecular complexity index is 476. The molecule has 0 aliphatic carbocycles. The second-order valence-corrected chi connectivity index (χ2v) is 5.29. The first kappa shape index (κ1) is 13.7. The van der Waals surface area contributed by atoms with Crippen LogP contribution in [0.5, 0.6) is 0 Å². The Balaban J connectivity index is 2.11. The predicted octanol–water partition coefficient (Wildman–Crippen LogP) is 0.375. The number of hydrogen-bond acceptors (Lipinski definition) is 5. The van der Waals surface area contributed by atoms with Crippen LogP contribution in [0.4, 0.5) is 4.79 Å². The summed E-state index contributed by atoms with van der Waals surface area (Å²) < 4.78 is 4.71. The standard InChI is InChI=1S/C11H14N2O5S/c1-3-18-11(17)12-6-8(14)13-7(10(15)16)5(2)4-19-9(6)13/h6,9H,3-4H2,1-2H3,(H,12,17)(H,15,16)/t6-,9+/m0/s1. The van der Waals surface area contributed by atoms with Gasteiger partial charge in [0.2, 0.25) is 0 Å². The second-order valence-electron chi connectivity index (χ2n) is 4.19. The smallest absolute Gasteiger partial charge is 0.407 e. The molecule has 0 spiro atoms. The highest BCUT2D eigenvalue weighted by Crippen LogP contribution is 2.40. The van der Waals surface area contributed by atoms with Crippen LogP contribution in [0, 0.1) is 0 Å². The zero-order valence-corrected chi connectivity index (χ0v) is 11.3. The van der Waals surface area contributed by atoms with E-state index in [1.54, 1.807) is 13.8 Å². The number of fused-ring (bicyclic) bond motifs is 1. The third kappa shape index (κ3) is 2.27. The summed E-state index contributed by atoms with van der Waals surface area (Å²) in [6.45, 7) is 3.57. The minimum absolute atomic E-state index is 0.0238. The number of carbonyl (C=O) groups excluding carboxylic acids is 2. The lowest BCUT2D eigenvalue weighted by Crippen LogP contribution is -2.70. The quantitative estimate of drug-likeness (QED) is 0.728. The van der Waals surface area contributed by atoms with Crippen LogP contribution in [0.2, 0.25) is 0 Å². The summed E-state index contributed by atoms with van der Waals surface area (Å²) in [4.78, 5) is 35.6. The van der Waals surface area contributed by atoms with Crippen molar-refractivity contribution in [2.75, 3.05) is 12.4 Å². The van der Waals surface area contributed by atoms with E-state index in [9.17, 15) is 14.4 Å². The number of nitrogens with zero attached hydrogens (tertiary/aromatic N) is 1. The number of β-lactam (4-membered cyclic amide) rings is 1. The number of aliphatic carboxylic acids is 1. The molecule has 2 rings (SSSR count). The van der Waals surface area contributed by atoms with Crippen LogP contribution in [0.3, 0.4) is 0 Å². The van der Waals surface area contributed by atoms with Crippen molar-refractivity contribution in [2.24, 2.45) is 0 Å². The first-order chi connectivity index (χ1) is 8.97. The minimum Gasteiger partial charge on any atom is -0.477 e. The topological polar surface area (TPSA) is 95.9 Å². The van der Waals surface area contributed by atoms with Gasteiger partial charge in [0, 0.05) is 5.75 Å². The number of amides is 2. The van der Waals surface area contributed by atoms with Crippen molar-refractivity contribution < 1.29 is 24.2 Å². The monoisotopic (exact) mass is 286 g/mol. The molecule has 0 radical (unpaired) electrons. The van der Waals surface area contributed by atoms with Gasteiger partial charge in [-0.15, -0.1) is 11.8 Å². The molecule has 8 heteroatoms. The second kappa shape index (κ2) is 5.12. The van der Waals surface area contributed by atoms with E-state index < -0.39 is 24.0 Å². The number of hydrogen-bond donors (Lipinski definition) is 2. The summed E-state index contributed by atoms with van der Waals surface area (Å²) in [5.41, 5.74) is 0.673. The van der Waals surface area contributed by atoms with Gasteiger partial charge in [-0.25, -0.2) is 9.59 Å². The molecule has 1 saturated heterocycles. The summed E-state index contributed by atoms with van der Waals surface area (Å²) in [6.07, 6.45) is -0.663. The number of carboxylic acids is 1. The Hall–Kier alpha value is -1.70. The fourth-order valence-corrected chi connectivity index (χ4v) is 3.37. The van der Waals surface area contributed by atoms with Crippen molar-refractivity contribution in [3.8, 4) is 0 Å². The van der Waals surface area contributed by atoms with Crippen LogP contribution in [-0.4, -0.2) is 51.8 Å². The van der Waals surface area contributed by atoms with Crippen molar-refractivity contribution in [1.82, 2.24) is 10.2 Å². The summed E-state index contributed by atoms with van der Waals surface area (Å²) in [5.74, 6) is -1.01. The zero-order chi connectivity index (χ0) is 14.2. The van der Waals surface area contributed by atoms with Crippen molar-refractivity contribution in [3.05, 3.63) is 11.3 Å². The van der Waals surface area contributed by atoms with Gasteiger partial charge in [0.25, 0.3) is 5.91 Å². The fraction of sp³-hybridized carbons (Fsp3) is 0.545. The number of ether oxygens (including phenoxy) is 1. The van der Waals surface area contributed by atoms with Crippen LogP contribution in [0.1, 0.15) is 13.8 Å². The number of nitrogens with one attached hydrogen (secondary N) is 1. The molecular formula is C11H14N2O5S. The van der Waals surface area contributed by atoms with Crippen LogP contribution in [-0.2, 0) is 14.3 Å². The maximum Gasteiger partial charge on any atom is 0.407 e. The molecule has 0 aromatic carbocycles. The zero-order valence-electron chi connectivity index (χ0n) is 10.5. The molecule has 2 aliphatic heterocycles. The SMILES string of the molecule is CCOC(=O)N[C@H]1C(=O)N2C(C(=O)O)=C(C)CS[C@H]12. The number of rotatable bonds is 3. The highest BCUT2D eigenvalue weighted by Gasteiger charge is 2.53. The largest absolute Gasteiger partial charge is 0.477 e. The summed E-state index contributed by atoms with van der Waals surface area (Å²) in [5, 5.41) is 11.2. The Kier molecular flexibility index (Phi) is 3.70. The van der Waals surface area contributed by atoms with E-state index in [2.05, 4.69) is 5.32 Å². The molecule has 0 aromatic heterocycles. The van der Waals surface area contributed by atoms with Gasteiger partial charge in [0.15, 0.2) is 0 Å². The van der Waals surface area contributed by atoms with Crippen molar-refractivity contribution in [1.29, 1.82) is 0 Å². The molecule has 2 heterocycles. The maximum atomic E-state index is 11.9. The van der Waals surface area contributed by atoms with Gasteiger partial charge in [-0.1, -0.05) is 0 Å². The summed E-state index contributed by atoms with van der Waals surface area (Å²) in [7, 11) is 0. The molecule has 0 unspecified atom stereocenters. The van der Waals surface area contributed by atoms with E-state index in [-0.39, 0.29) is 17.7 Å². The van der Waals surface area contributed by atoms with Gasteiger partial charge in [0.05, 0.1) is 6.61 Å². The van der Waals surface area contributed by atoms with Crippen LogP contribution in [0.25, 0.3) is 0 Å². The van der Waals surface area contributed by atoms with Gasteiger partial charge < -0.3 is 15.2 Å². The average Bonchev–Trinajstić information content (AvgIpc) is 2.35. The molecule has 7 nitrogen and oxygen atoms in total. The van der Waals surface area contributed by atoms with Gasteiger partial charge >= 0.3 is 12.1 Å². The van der Waals surface area contributed by atoms with Gasteiger partial charge in [0.1, 0.15) is 17.1 Å². The highest BCUT2D eigenvalue weighted by molar-refractivity contribution is 8.00. The average molecular weight is 286 g/mol. The van der Waals surface area contributed by atoms with Gasteiger partial charge in [-0.05, 0) is 19.4 Å². The van der Waals surface area contributed by atoms with Crippen LogP contribution < -0.4 is 5.32 Å². The lowest BCUT2D eigenvalue weighted by atomic mass is 10.0. The first-order valence-electron chi connectivity index (χ1n) is 5.78. The Morgan fingerprint density at radius 3 is 2.84 bits per heavy atom. The number of alkyl carbamates (subject to hydrolysis) is 1. The van der Waals surface area contributed by atoms with E-state index in [4.69, 9.17) is 9.84 Å². The highest BCUT2D eigenvalue weighted by atomic mass is 32.2. The Morgan fingerprint density at radius 1 is 1.58 bits per heavy atom. The third-order valence-corrected chi connectivity index (χ3v) is 4.33. The number of carbonyl (C=O) groups is 3. The predicted molar refractivity (Wildman–Crippen MR) is 67.4 cm³/mol. The Labute approximate surface area is 114 Å². The molecule has 2 aliphatic rings. The van der Waals surface area contributed by atoms with E-state index in [0.29, 0.717) is 11.3 Å². The molecular weight excluding hydrogens is 272 g/mol. The normalized spacial score (nSPS) is 25.6. The fourth-order valence-electron chi connectivity index (χ4n) is 2.08. The lowest BCUT2D eigenvalue weighted by molar-refractivity contribution is -0.149. The Morgan fingerprint density at radius 2 is 2.26 bits per heavy atom. The van der Waals surface area contributed by atoms with Crippen molar-refractivity contribution in [2.45, 2.75) is 25.3 Å². The maximum absolute atomic E-state index is 11.9. The molecule has 19 heavy (non-hydrogen) atoms. The molecule has 1 fully saturated rings. The molecule has 2 N–H and O–H groups in total. The molecule has 0 saturated carbocycles. The minimum atomic E-state index is -1.12. The van der Waals surface area contributed by atoms with E-state index >= 15 is 0 Å². The lowest BCUT2D eigenvalue weighted by Gasteiger charge is -2.49. The summed E-state index contributed by atoms with van der Waals surface area (Å²) in [6, 6.07) is -0.716. The van der Waals surface area contributed by atoms with Crippen LogP contribution in [0.15, 0.2) is 11.3 Å². The van der Waals surface area contributed by atoms with E-state index in [1.807, 2.05) is 0 Å². The van der Waals surface area contributed by atoms with Crippen LogP contribution >= 0.6 is 11.8 Å². The molecule has 0 aromatic rings. The van der Waals surface area contributed by atoms with Crippen molar-refractivity contribution >= 4 is 29.7 Å². The van der Waals surface area contributed by atoms with Gasteiger partial charge in [-0.3, -0.25) is 9.69 Å². The molecule has 0 bridgehead atoms. The number of thioether (sulfide) groups is 1. The summed E-state index contributed by atoms with van der Waals surface area (Å²) >= 11 is 1.43. The molecule has 2 atom stereocenters. The number of carboxylic acid groups (broad SMARTS) is 1. The van der Waals surface area contributed by atoms with Crippen molar-refractivity contribution in [3.63, 3.8) is 0 Å². The molecule has 104 valence electrons. The molecule has 2 amide bonds. The third-order valence-electron chi connectivity index (χ3n) is 2.91. The van der Waals surface area contributed by atoms with E-state index in [1.165, 1.54) is 16.7 Å².